The normalized spacial score (nSPS) is 12.7. The average molecular weight is 551 g/mol. The Morgan fingerprint density at radius 1 is 1.13 bits per heavy atom. The molecule has 1 N–H and O–H groups in total. The summed E-state index contributed by atoms with van der Waals surface area (Å²) < 4.78 is 6.29. The van der Waals surface area contributed by atoms with Crippen molar-refractivity contribution in [3.63, 3.8) is 0 Å². The van der Waals surface area contributed by atoms with Crippen LogP contribution in [0.25, 0.3) is 0 Å². The lowest BCUT2D eigenvalue weighted by Crippen LogP contribution is -2.50. The highest BCUT2D eigenvalue weighted by Crippen LogP contribution is 2.29. The van der Waals surface area contributed by atoms with Gasteiger partial charge in [0.05, 0.1) is 4.47 Å². The van der Waals surface area contributed by atoms with Crippen molar-refractivity contribution in [2.24, 2.45) is 0 Å². The predicted molar refractivity (Wildman–Crippen MR) is 129 cm³/mol. The Kier molecular flexibility index (Phi) is 9.94. The molecule has 0 bridgehead atoms. The Hall–Kier alpha value is -1.47. The minimum atomic E-state index is -0.758. The molecule has 0 saturated carbocycles. The molecule has 0 aliphatic rings. The fourth-order valence-corrected chi connectivity index (χ4v) is 4.03. The SMILES string of the molecule is CC[C@@H](C)NC(=O)[C@H](C)N(Cc1c(Cl)cccc1Cl)C(=O)COc1ccc(Cl)cc1Br. The van der Waals surface area contributed by atoms with E-state index in [2.05, 4.69) is 21.2 Å². The lowest BCUT2D eigenvalue weighted by atomic mass is 10.1. The molecule has 0 unspecified atom stereocenters. The smallest absolute Gasteiger partial charge is 0.261 e. The van der Waals surface area contributed by atoms with Crippen LogP contribution in [0.4, 0.5) is 0 Å². The maximum atomic E-state index is 13.1. The Labute approximate surface area is 206 Å². The molecule has 0 aromatic heterocycles. The van der Waals surface area contributed by atoms with Crippen LogP contribution >= 0.6 is 50.7 Å². The molecule has 2 atom stereocenters. The molecule has 0 spiro atoms. The highest BCUT2D eigenvalue weighted by Gasteiger charge is 2.28. The fourth-order valence-electron chi connectivity index (χ4n) is 2.72. The molecule has 5 nitrogen and oxygen atoms in total. The van der Waals surface area contributed by atoms with E-state index in [1.165, 1.54) is 4.90 Å². The number of rotatable bonds is 9. The summed E-state index contributed by atoms with van der Waals surface area (Å²) in [5, 5.41) is 4.28. The van der Waals surface area contributed by atoms with Crippen molar-refractivity contribution in [2.75, 3.05) is 6.61 Å². The second kappa shape index (κ2) is 12.0. The molecule has 168 valence electrons. The minimum absolute atomic E-state index is 0.0166. The lowest BCUT2D eigenvalue weighted by Gasteiger charge is -2.30. The van der Waals surface area contributed by atoms with Gasteiger partial charge in [-0.1, -0.05) is 47.8 Å². The molecule has 2 aromatic rings. The van der Waals surface area contributed by atoms with Crippen molar-refractivity contribution >= 4 is 62.5 Å². The van der Waals surface area contributed by atoms with Crippen LogP contribution in [0, 0.1) is 0 Å². The number of nitrogens with zero attached hydrogens (tertiary/aromatic N) is 1. The van der Waals surface area contributed by atoms with Gasteiger partial charge in [-0.2, -0.15) is 0 Å². The van der Waals surface area contributed by atoms with E-state index in [4.69, 9.17) is 39.5 Å². The summed E-state index contributed by atoms with van der Waals surface area (Å²) in [6, 6.07) is 9.32. The highest BCUT2D eigenvalue weighted by molar-refractivity contribution is 9.10. The van der Waals surface area contributed by atoms with E-state index in [0.29, 0.717) is 30.9 Å². The third-order valence-electron chi connectivity index (χ3n) is 4.80. The second-order valence-electron chi connectivity index (χ2n) is 7.08. The fraction of sp³-hybridized carbons (Fsp3) is 0.364. The molecule has 2 aromatic carbocycles. The Morgan fingerprint density at radius 2 is 1.77 bits per heavy atom. The molecule has 31 heavy (non-hydrogen) atoms. The van der Waals surface area contributed by atoms with Crippen LogP contribution < -0.4 is 10.1 Å². The molecular weight excluding hydrogens is 527 g/mol. The second-order valence-corrected chi connectivity index (χ2v) is 9.18. The lowest BCUT2D eigenvalue weighted by molar-refractivity contribution is -0.142. The van der Waals surface area contributed by atoms with E-state index in [0.717, 1.165) is 6.42 Å². The molecule has 0 aliphatic heterocycles. The summed E-state index contributed by atoms with van der Waals surface area (Å²) in [5.41, 5.74) is 0.565. The third-order valence-corrected chi connectivity index (χ3v) is 6.37. The van der Waals surface area contributed by atoms with Crippen molar-refractivity contribution in [3.8, 4) is 5.75 Å². The van der Waals surface area contributed by atoms with E-state index in [-0.39, 0.29) is 31.0 Å². The van der Waals surface area contributed by atoms with E-state index in [1.54, 1.807) is 43.3 Å². The van der Waals surface area contributed by atoms with E-state index >= 15 is 0 Å². The zero-order valence-corrected chi connectivity index (χ0v) is 21.3. The first kappa shape index (κ1) is 25.8. The number of hydrogen-bond donors (Lipinski definition) is 1. The van der Waals surface area contributed by atoms with Crippen LogP contribution in [0.15, 0.2) is 40.9 Å². The van der Waals surface area contributed by atoms with Crippen LogP contribution in [-0.2, 0) is 16.1 Å². The number of hydrogen-bond acceptors (Lipinski definition) is 3. The van der Waals surface area contributed by atoms with Gasteiger partial charge in [-0.05, 0) is 66.5 Å². The van der Waals surface area contributed by atoms with Gasteiger partial charge in [0, 0.05) is 33.2 Å². The molecule has 2 amide bonds. The first-order chi connectivity index (χ1) is 14.6. The third kappa shape index (κ3) is 7.28. The summed E-state index contributed by atoms with van der Waals surface area (Å²) in [7, 11) is 0. The quantitative estimate of drug-likeness (QED) is 0.409. The number of carbonyl (C=O) groups excluding carboxylic acids is 2. The summed E-state index contributed by atoms with van der Waals surface area (Å²) in [6.45, 7) is 5.34. The van der Waals surface area contributed by atoms with Crippen LogP contribution in [0.3, 0.4) is 0 Å². The van der Waals surface area contributed by atoms with Crippen LogP contribution in [0.5, 0.6) is 5.75 Å². The van der Waals surface area contributed by atoms with Gasteiger partial charge in [-0.3, -0.25) is 9.59 Å². The van der Waals surface area contributed by atoms with Crippen LogP contribution in [-0.4, -0.2) is 35.4 Å². The van der Waals surface area contributed by atoms with Gasteiger partial charge in [-0.15, -0.1) is 0 Å². The number of carbonyl (C=O) groups is 2. The van der Waals surface area contributed by atoms with E-state index < -0.39 is 6.04 Å². The minimum Gasteiger partial charge on any atom is -0.483 e. The standard InChI is InChI=1S/C22H24BrCl3N2O3/c1-4-13(2)27-22(30)14(3)28(11-16-18(25)6-5-7-19(16)26)21(29)12-31-20-9-8-15(24)10-17(20)23/h5-10,13-14H,4,11-12H2,1-3H3,(H,27,30)/t13-,14+/m1/s1. The van der Waals surface area contributed by atoms with Gasteiger partial charge >= 0.3 is 0 Å². The number of amides is 2. The topological polar surface area (TPSA) is 58.6 Å². The van der Waals surface area contributed by atoms with Crippen LogP contribution in [0.2, 0.25) is 15.1 Å². The molecule has 9 heteroatoms. The number of ether oxygens (including phenoxy) is 1. The average Bonchev–Trinajstić information content (AvgIpc) is 2.72. The van der Waals surface area contributed by atoms with Gasteiger partial charge in [0.15, 0.2) is 6.61 Å². The summed E-state index contributed by atoms with van der Waals surface area (Å²) >= 11 is 21.9. The van der Waals surface area contributed by atoms with E-state index in [1.807, 2.05) is 13.8 Å². The Morgan fingerprint density at radius 3 is 2.35 bits per heavy atom. The summed E-state index contributed by atoms with van der Waals surface area (Å²) in [5.74, 6) is -0.187. The predicted octanol–water partition coefficient (Wildman–Crippen LogP) is 6.12. The summed E-state index contributed by atoms with van der Waals surface area (Å²) in [4.78, 5) is 27.3. The van der Waals surface area contributed by atoms with Gasteiger partial charge in [0.2, 0.25) is 5.91 Å². The number of halogens is 4. The molecule has 0 aliphatic carbocycles. The van der Waals surface area contributed by atoms with Crippen molar-refractivity contribution in [2.45, 2.75) is 45.8 Å². The number of nitrogens with one attached hydrogen (secondary N) is 1. The zero-order chi connectivity index (χ0) is 23.1. The van der Waals surface area contributed by atoms with Gasteiger partial charge in [0.25, 0.3) is 5.91 Å². The first-order valence-electron chi connectivity index (χ1n) is 9.74. The number of benzene rings is 2. The molecule has 2 rings (SSSR count). The van der Waals surface area contributed by atoms with Gasteiger partial charge in [-0.25, -0.2) is 0 Å². The van der Waals surface area contributed by atoms with Crippen LogP contribution in [0.1, 0.15) is 32.8 Å². The Bertz CT molecular complexity index is 922. The monoisotopic (exact) mass is 548 g/mol. The van der Waals surface area contributed by atoms with Crippen molar-refractivity contribution in [3.05, 3.63) is 61.5 Å². The van der Waals surface area contributed by atoms with Crippen molar-refractivity contribution < 1.29 is 14.3 Å². The maximum absolute atomic E-state index is 13.1. The zero-order valence-electron chi connectivity index (χ0n) is 17.4. The van der Waals surface area contributed by atoms with Crippen molar-refractivity contribution in [1.29, 1.82) is 0 Å². The molecule has 0 saturated heterocycles. The first-order valence-corrected chi connectivity index (χ1v) is 11.7. The van der Waals surface area contributed by atoms with Gasteiger partial charge in [0.1, 0.15) is 11.8 Å². The highest BCUT2D eigenvalue weighted by atomic mass is 79.9. The molecular formula is C22H24BrCl3N2O3. The van der Waals surface area contributed by atoms with Crippen molar-refractivity contribution in [1.82, 2.24) is 10.2 Å². The van der Waals surface area contributed by atoms with E-state index in [9.17, 15) is 9.59 Å². The largest absolute Gasteiger partial charge is 0.483 e. The van der Waals surface area contributed by atoms with Gasteiger partial charge < -0.3 is 15.0 Å². The molecule has 0 fully saturated rings. The summed E-state index contributed by atoms with van der Waals surface area (Å²) in [6.07, 6.45) is 0.774. The molecule has 0 radical (unpaired) electrons. The molecule has 0 heterocycles. The Balaban J connectivity index is 2.24. The maximum Gasteiger partial charge on any atom is 0.261 e.